The van der Waals surface area contributed by atoms with Gasteiger partial charge in [0, 0.05) is 17.9 Å². The Morgan fingerprint density at radius 3 is 2.69 bits per heavy atom. The molecule has 1 unspecified atom stereocenters. The van der Waals surface area contributed by atoms with Crippen LogP contribution in [0.3, 0.4) is 0 Å². The molecule has 0 aromatic heterocycles. The van der Waals surface area contributed by atoms with Crippen molar-refractivity contribution in [3.8, 4) is 17.6 Å². The van der Waals surface area contributed by atoms with Crippen LogP contribution in [0.1, 0.15) is 38.2 Å². The molecular formula is C14H17ClO. The fourth-order valence-corrected chi connectivity index (χ4v) is 1.85. The summed E-state index contributed by atoms with van der Waals surface area (Å²) in [6.45, 7) is 4.19. The first-order valence-electron chi connectivity index (χ1n) is 5.48. The Labute approximate surface area is 103 Å². The minimum atomic E-state index is 0.359. The van der Waals surface area contributed by atoms with Gasteiger partial charge in [-0.15, -0.1) is 11.8 Å². The number of benzene rings is 1. The van der Waals surface area contributed by atoms with E-state index in [4.69, 9.17) is 16.3 Å². The lowest BCUT2D eigenvalue weighted by Gasteiger charge is -2.11. The number of ether oxygens (including phenoxy) is 1. The monoisotopic (exact) mass is 236 g/mol. The molecule has 16 heavy (non-hydrogen) atoms. The van der Waals surface area contributed by atoms with Crippen LogP contribution in [0.15, 0.2) is 18.2 Å². The zero-order valence-corrected chi connectivity index (χ0v) is 10.8. The molecule has 1 atom stereocenters. The highest BCUT2D eigenvalue weighted by Gasteiger charge is 2.09. The summed E-state index contributed by atoms with van der Waals surface area (Å²) in [6.07, 6.45) is 1.75. The first-order valence-corrected chi connectivity index (χ1v) is 5.86. The summed E-state index contributed by atoms with van der Waals surface area (Å²) in [5, 5.41) is 0.755. The third kappa shape index (κ3) is 3.47. The lowest BCUT2D eigenvalue weighted by molar-refractivity contribution is 0.414. The second-order valence-electron chi connectivity index (χ2n) is 3.70. The van der Waals surface area contributed by atoms with Gasteiger partial charge in [-0.1, -0.05) is 31.5 Å². The average molecular weight is 237 g/mol. The standard InChI is InChI=1S/C14H17ClO/c1-4-5-6-7-11(2)13-9-8-12(16-3)10-14(13)15/h8-11H,4,7H2,1-3H3. The zero-order valence-electron chi connectivity index (χ0n) is 10.0. The number of halogens is 1. The van der Waals surface area contributed by atoms with Crippen LogP contribution in [0, 0.1) is 11.8 Å². The quantitative estimate of drug-likeness (QED) is 0.713. The average Bonchev–Trinajstić information content (AvgIpc) is 2.29. The topological polar surface area (TPSA) is 9.23 Å². The molecule has 0 saturated carbocycles. The number of hydrogen-bond acceptors (Lipinski definition) is 1. The Morgan fingerprint density at radius 2 is 2.12 bits per heavy atom. The Balaban J connectivity index is 2.79. The minimum absolute atomic E-state index is 0.359. The van der Waals surface area contributed by atoms with Gasteiger partial charge in [0.2, 0.25) is 0 Å². The highest BCUT2D eigenvalue weighted by Crippen LogP contribution is 2.29. The van der Waals surface area contributed by atoms with E-state index in [1.165, 1.54) is 0 Å². The number of rotatable bonds is 3. The Kier molecular flexibility index (Phi) is 5.22. The van der Waals surface area contributed by atoms with Crippen LogP contribution in [-0.4, -0.2) is 7.11 Å². The summed E-state index contributed by atoms with van der Waals surface area (Å²) < 4.78 is 5.12. The minimum Gasteiger partial charge on any atom is -0.497 e. The van der Waals surface area contributed by atoms with E-state index >= 15 is 0 Å². The van der Waals surface area contributed by atoms with Crippen molar-refractivity contribution in [2.75, 3.05) is 7.11 Å². The third-order valence-electron chi connectivity index (χ3n) is 2.45. The Hall–Kier alpha value is -1.13. The molecule has 0 aliphatic carbocycles. The van der Waals surface area contributed by atoms with Crippen molar-refractivity contribution in [2.45, 2.75) is 32.6 Å². The molecule has 1 nitrogen and oxygen atoms in total. The molecule has 1 rings (SSSR count). The van der Waals surface area contributed by atoms with Crippen molar-refractivity contribution < 1.29 is 4.74 Å². The van der Waals surface area contributed by atoms with E-state index < -0.39 is 0 Å². The van der Waals surface area contributed by atoms with Crippen molar-refractivity contribution in [3.63, 3.8) is 0 Å². The molecule has 0 aliphatic rings. The normalized spacial score (nSPS) is 11.5. The van der Waals surface area contributed by atoms with Gasteiger partial charge in [0.25, 0.3) is 0 Å². The van der Waals surface area contributed by atoms with E-state index in [0.29, 0.717) is 5.92 Å². The van der Waals surface area contributed by atoms with Gasteiger partial charge in [-0.25, -0.2) is 0 Å². The van der Waals surface area contributed by atoms with Crippen molar-refractivity contribution in [1.82, 2.24) is 0 Å². The Morgan fingerprint density at radius 1 is 1.38 bits per heavy atom. The van der Waals surface area contributed by atoms with Crippen molar-refractivity contribution in [3.05, 3.63) is 28.8 Å². The van der Waals surface area contributed by atoms with E-state index in [9.17, 15) is 0 Å². The molecule has 86 valence electrons. The molecule has 0 heterocycles. The fraction of sp³-hybridized carbons (Fsp3) is 0.429. The maximum atomic E-state index is 6.19. The smallest absolute Gasteiger partial charge is 0.120 e. The van der Waals surface area contributed by atoms with Crippen LogP contribution < -0.4 is 4.74 Å². The molecule has 0 amide bonds. The molecule has 0 fully saturated rings. The van der Waals surface area contributed by atoms with Gasteiger partial charge in [-0.05, 0) is 23.6 Å². The van der Waals surface area contributed by atoms with Gasteiger partial charge in [0.1, 0.15) is 5.75 Å². The molecular weight excluding hydrogens is 220 g/mol. The molecule has 1 aromatic carbocycles. The molecule has 0 radical (unpaired) electrons. The lowest BCUT2D eigenvalue weighted by atomic mass is 9.98. The van der Waals surface area contributed by atoms with E-state index in [2.05, 4.69) is 25.7 Å². The highest BCUT2D eigenvalue weighted by atomic mass is 35.5. The fourth-order valence-electron chi connectivity index (χ4n) is 1.49. The van der Waals surface area contributed by atoms with Crippen molar-refractivity contribution in [1.29, 1.82) is 0 Å². The van der Waals surface area contributed by atoms with Gasteiger partial charge < -0.3 is 4.74 Å². The lowest BCUT2D eigenvalue weighted by Crippen LogP contribution is -1.94. The van der Waals surface area contributed by atoms with Crippen LogP contribution in [0.5, 0.6) is 5.75 Å². The largest absolute Gasteiger partial charge is 0.497 e. The van der Waals surface area contributed by atoms with Gasteiger partial charge in [0.15, 0.2) is 0 Å². The van der Waals surface area contributed by atoms with Crippen LogP contribution >= 0.6 is 11.6 Å². The SMILES string of the molecule is CCC#CCC(C)c1ccc(OC)cc1Cl. The number of methoxy groups -OCH3 is 1. The highest BCUT2D eigenvalue weighted by molar-refractivity contribution is 6.31. The van der Waals surface area contributed by atoms with Crippen molar-refractivity contribution >= 4 is 11.6 Å². The van der Waals surface area contributed by atoms with Crippen LogP contribution in [0.25, 0.3) is 0 Å². The molecule has 0 spiro atoms. The summed E-state index contributed by atoms with van der Waals surface area (Å²) in [5.41, 5.74) is 1.13. The molecule has 0 bridgehead atoms. The molecule has 2 heteroatoms. The van der Waals surface area contributed by atoms with Gasteiger partial charge >= 0.3 is 0 Å². The summed E-state index contributed by atoms with van der Waals surface area (Å²) in [5.74, 6) is 7.37. The Bertz CT molecular complexity index is 401. The van der Waals surface area contributed by atoms with Crippen molar-refractivity contribution in [2.24, 2.45) is 0 Å². The van der Waals surface area contributed by atoms with Crippen LogP contribution in [-0.2, 0) is 0 Å². The maximum absolute atomic E-state index is 6.19. The predicted molar refractivity (Wildman–Crippen MR) is 69.1 cm³/mol. The van der Waals surface area contributed by atoms with E-state index in [-0.39, 0.29) is 0 Å². The zero-order chi connectivity index (χ0) is 12.0. The van der Waals surface area contributed by atoms with Gasteiger partial charge in [-0.3, -0.25) is 0 Å². The molecule has 0 N–H and O–H groups in total. The second-order valence-corrected chi connectivity index (χ2v) is 4.11. The molecule has 1 aromatic rings. The van der Waals surface area contributed by atoms with E-state index in [1.54, 1.807) is 7.11 Å². The van der Waals surface area contributed by atoms with Gasteiger partial charge in [-0.2, -0.15) is 0 Å². The summed E-state index contributed by atoms with van der Waals surface area (Å²) in [4.78, 5) is 0. The predicted octanol–water partition coefficient (Wildman–Crippen LogP) is 4.26. The van der Waals surface area contributed by atoms with Crippen LogP contribution in [0.2, 0.25) is 5.02 Å². The van der Waals surface area contributed by atoms with E-state index in [1.807, 2.05) is 18.2 Å². The van der Waals surface area contributed by atoms with E-state index in [0.717, 1.165) is 29.2 Å². The first kappa shape index (κ1) is 12.9. The van der Waals surface area contributed by atoms with Crippen LogP contribution in [0.4, 0.5) is 0 Å². The molecule has 0 aliphatic heterocycles. The second kappa shape index (κ2) is 6.45. The third-order valence-corrected chi connectivity index (χ3v) is 2.78. The summed E-state index contributed by atoms with van der Waals surface area (Å²) >= 11 is 6.19. The maximum Gasteiger partial charge on any atom is 0.120 e. The van der Waals surface area contributed by atoms with Gasteiger partial charge in [0.05, 0.1) is 7.11 Å². The number of hydrogen-bond donors (Lipinski definition) is 0. The summed E-state index contributed by atoms with van der Waals surface area (Å²) in [7, 11) is 1.64. The first-order chi connectivity index (χ1) is 7.69. The summed E-state index contributed by atoms with van der Waals surface area (Å²) in [6, 6.07) is 5.80. The molecule has 0 saturated heterocycles.